The zero-order valence-electron chi connectivity index (χ0n) is 30.8. The van der Waals surface area contributed by atoms with Crippen LogP contribution in [0.5, 0.6) is 0 Å². The molecule has 0 saturated carbocycles. The van der Waals surface area contributed by atoms with E-state index in [0.717, 1.165) is 12.8 Å². The lowest BCUT2D eigenvalue weighted by Crippen LogP contribution is -2.25. The summed E-state index contributed by atoms with van der Waals surface area (Å²) in [7, 11) is 0. The van der Waals surface area contributed by atoms with Crippen LogP contribution >= 0.6 is 0 Å². The summed E-state index contributed by atoms with van der Waals surface area (Å²) in [5, 5.41) is 0. The third kappa shape index (κ3) is 7.97. The van der Waals surface area contributed by atoms with Gasteiger partial charge in [0.05, 0.1) is 0 Å². The molecule has 0 radical (unpaired) electrons. The summed E-state index contributed by atoms with van der Waals surface area (Å²) in [6.07, 6.45) is 14.7. The molecule has 0 heteroatoms. The molecule has 0 nitrogen and oxygen atoms in total. The van der Waals surface area contributed by atoms with E-state index in [4.69, 9.17) is 0 Å². The average molecular weight is 667 g/mol. The van der Waals surface area contributed by atoms with Crippen molar-refractivity contribution >= 4 is 0 Å². The molecule has 0 fully saturated rings. The van der Waals surface area contributed by atoms with Crippen LogP contribution in [0.15, 0.2) is 146 Å². The normalized spacial score (nSPS) is 12.8. The zero-order chi connectivity index (χ0) is 34.9. The van der Waals surface area contributed by atoms with Gasteiger partial charge in [0, 0.05) is 5.41 Å². The summed E-state index contributed by atoms with van der Waals surface area (Å²) < 4.78 is 0. The van der Waals surface area contributed by atoms with Gasteiger partial charge in [-0.3, -0.25) is 0 Å². The quantitative estimate of drug-likeness (QED) is 0.0902. The van der Waals surface area contributed by atoms with Gasteiger partial charge >= 0.3 is 0 Å². The Bertz CT molecular complexity index is 1830. The molecule has 258 valence electrons. The van der Waals surface area contributed by atoms with Crippen LogP contribution in [0.4, 0.5) is 0 Å². The van der Waals surface area contributed by atoms with Crippen molar-refractivity contribution in [2.75, 3.05) is 0 Å². The standard InChI is InChI=1S/C51H54/c1-3-5-7-15-33-51(34-16-8-6-4-2)49-37-45(43-25-21-41(22-26-43)35-39-17-11-9-12-18-39)29-31-47(49)48-32-30-46(38-50(48)51)44-27-23-42(24-28-44)36-40-19-13-10-14-20-40/h9-14,17-32,37-38H,3-8,15-16,33-36H2,1-2H3. The van der Waals surface area contributed by atoms with E-state index in [2.05, 4.69) is 159 Å². The minimum absolute atomic E-state index is 0.0403. The Hall–Kier alpha value is -4.68. The van der Waals surface area contributed by atoms with Gasteiger partial charge in [-0.2, -0.15) is 0 Å². The molecule has 0 aromatic heterocycles. The Morgan fingerprint density at radius 1 is 0.353 bits per heavy atom. The van der Waals surface area contributed by atoms with Crippen LogP contribution in [0.1, 0.15) is 111 Å². The Morgan fingerprint density at radius 2 is 0.725 bits per heavy atom. The van der Waals surface area contributed by atoms with Crippen molar-refractivity contribution in [1.82, 2.24) is 0 Å². The van der Waals surface area contributed by atoms with Crippen LogP contribution in [0.25, 0.3) is 33.4 Å². The molecule has 0 unspecified atom stereocenters. The summed E-state index contributed by atoms with van der Waals surface area (Å²) in [5.41, 5.74) is 16.8. The number of benzene rings is 6. The number of unbranched alkanes of at least 4 members (excludes halogenated alkanes) is 6. The second-order valence-electron chi connectivity index (χ2n) is 14.9. The van der Waals surface area contributed by atoms with Gasteiger partial charge in [0.2, 0.25) is 0 Å². The van der Waals surface area contributed by atoms with E-state index < -0.39 is 0 Å². The second-order valence-corrected chi connectivity index (χ2v) is 14.9. The van der Waals surface area contributed by atoms with E-state index in [1.807, 2.05) is 0 Å². The third-order valence-electron chi connectivity index (χ3n) is 11.4. The first-order chi connectivity index (χ1) is 25.2. The van der Waals surface area contributed by atoms with Gasteiger partial charge in [-0.1, -0.05) is 199 Å². The van der Waals surface area contributed by atoms with Crippen LogP contribution < -0.4 is 0 Å². The topological polar surface area (TPSA) is 0 Å². The molecule has 0 saturated heterocycles. The summed E-state index contributed by atoms with van der Waals surface area (Å²) in [4.78, 5) is 0. The molecule has 6 aromatic rings. The van der Waals surface area contributed by atoms with E-state index in [0.29, 0.717) is 0 Å². The minimum Gasteiger partial charge on any atom is -0.0654 e. The fourth-order valence-corrected chi connectivity index (χ4v) is 8.52. The van der Waals surface area contributed by atoms with Crippen molar-refractivity contribution in [3.63, 3.8) is 0 Å². The van der Waals surface area contributed by atoms with Crippen molar-refractivity contribution in [2.45, 2.75) is 96.3 Å². The lowest BCUT2D eigenvalue weighted by atomic mass is 9.70. The highest BCUT2D eigenvalue weighted by atomic mass is 14.5. The highest BCUT2D eigenvalue weighted by Gasteiger charge is 2.42. The predicted octanol–water partition coefficient (Wildman–Crippen LogP) is 14.4. The monoisotopic (exact) mass is 666 g/mol. The van der Waals surface area contributed by atoms with E-state index in [1.54, 1.807) is 11.1 Å². The fourth-order valence-electron chi connectivity index (χ4n) is 8.52. The van der Waals surface area contributed by atoms with Gasteiger partial charge in [-0.05, 0) is 105 Å². The number of hydrogen-bond donors (Lipinski definition) is 0. The maximum Gasteiger partial charge on any atom is 0.0215 e. The minimum atomic E-state index is 0.0403. The van der Waals surface area contributed by atoms with Crippen molar-refractivity contribution in [2.24, 2.45) is 0 Å². The Labute approximate surface area is 307 Å². The van der Waals surface area contributed by atoms with E-state index in [9.17, 15) is 0 Å². The highest BCUT2D eigenvalue weighted by Crippen LogP contribution is 2.55. The molecule has 0 amide bonds. The van der Waals surface area contributed by atoms with Crippen molar-refractivity contribution in [1.29, 1.82) is 0 Å². The van der Waals surface area contributed by atoms with Crippen molar-refractivity contribution in [3.8, 4) is 33.4 Å². The molecule has 0 spiro atoms. The van der Waals surface area contributed by atoms with Crippen LogP contribution in [-0.4, -0.2) is 0 Å². The predicted molar refractivity (Wildman–Crippen MR) is 220 cm³/mol. The lowest BCUT2D eigenvalue weighted by molar-refractivity contribution is 0.401. The first-order valence-corrected chi connectivity index (χ1v) is 19.7. The molecule has 6 aromatic carbocycles. The molecule has 0 heterocycles. The van der Waals surface area contributed by atoms with Crippen molar-refractivity contribution < 1.29 is 0 Å². The number of hydrogen-bond acceptors (Lipinski definition) is 0. The van der Waals surface area contributed by atoms with Crippen molar-refractivity contribution in [3.05, 3.63) is 179 Å². The molecule has 0 bridgehead atoms. The SMILES string of the molecule is CCCCCCC1(CCCCCC)c2cc(-c3ccc(Cc4ccccc4)cc3)ccc2-c2ccc(-c3ccc(Cc4ccccc4)cc3)cc21. The van der Waals surface area contributed by atoms with E-state index in [1.165, 1.54) is 120 Å². The summed E-state index contributed by atoms with van der Waals surface area (Å²) in [5.74, 6) is 0. The van der Waals surface area contributed by atoms with Gasteiger partial charge in [0.15, 0.2) is 0 Å². The number of rotatable bonds is 16. The van der Waals surface area contributed by atoms with Crippen LogP contribution in [-0.2, 0) is 18.3 Å². The molecule has 0 atom stereocenters. The van der Waals surface area contributed by atoms with E-state index >= 15 is 0 Å². The summed E-state index contributed by atoms with van der Waals surface area (Å²) >= 11 is 0. The van der Waals surface area contributed by atoms with Gasteiger partial charge in [-0.15, -0.1) is 0 Å². The van der Waals surface area contributed by atoms with Gasteiger partial charge < -0.3 is 0 Å². The third-order valence-corrected chi connectivity index (χ3v) is 11.4. The molecule has 0 N–H and O–H groups in total. The maximum absolute atomic E-state index is 2.58. The summed E-state index contributed by atoms with van der Waals surface area (Å²) in [6.45, 7) is 4.66. The Morgan fingerprint density at radius 3 is 1.12 bits per heavy atom. The Kier molecular flexibility index (Phi) is 11.3. The first-order valence-electron chi connectivity index (χ1n) is 19.7. The molecule has 1 aliphatic rings. The largest absolute Gasteiger partial charge is 0.0654 e. The average Bonchev–Trinajstić information content (AvgIpc) is 3.44. The van der Waals surface area contributed by atoms with Gasteiger partial charge in [0.1, 0.15) is 0 Å². The molecule has 7 rings (SSSR count). The smallest absolute Gasteiger partial charge is 0.0215 e. The molecule has 1 aliphatic carbocycles. The van der Waals surface area contributed by atoms with Gasteiger partial charge in [-0.25, -0.2) is 0 Å². The van der Waals surface area contributed by atoms with E-state index in [-0.39, 0.29) is 5.41 Å². The number of fused-ring (bicyclic) bond motifs is 3. The maximum atomic E-state index is 2.58. The molecule has 51 heavy (non-hydrogen) atoms. The highest BCUT2D eigenvalue weighted by molar-refractivity contribution is 5.86. The first kappa shape index (κ1) is 34.8. The second kappa shape index (κ2) is 16.6. The van der Waals surface area contributed by atoms with Gasteiger partial charge in [0.25, 0.3) is 0 Å². The fraction of sp³-hybridized carbons (Fsp3) is 0.294. The zero-order valence-corrected chi connectivity index (χ0v) is 30.8. The van der Waals surface area contributed by atoms with Crippen LogP contribution in [0, 0.1) is 0 Å². The Balaban J connectivity index is 1.24. The van der Waals surface area contributed by atoms with Crippen LogP contribution in [0.3, 0.4) is 0 Å². The van der Waals surface area contributed by atoms with Crippen LogP contribution in [0.2, 0.25) is 0 Å². The lowest BCUT2D eigenvalue weighted by Gasteiger charge is -2.33. The molecule has 0 aliphatic heterocycles. The summed E-state index contributed by atoms with van der Waals surface area (Å²) in [6, 6.07) is 55.1. The molecular weight excluding hydrogens is 613 g/mol. The molecular formula is C51H54.